The van der Waals surface area contributed by atoms with Gasteiger partial charge in [0, 0.05) is 5.69 Å². The molecule has 1 heterocycles. The molecule has 0 unspecified atom stereocenters. The van der Waals surface area contributed by atoms with Gasteiger partial charge in [0.1, 0.15) is 5.82 Å². The number of carbonyl (C=O) groups is 1. The summed E-state index contributed by atoms with van der Waals surface area (Å²) in [6.45, 7) is 6.37. The first-order valence-corrected chi connectivity index (χ1v) is 9.92. The third-order valence-electron chi connectivity index (χ3n) is 4.50. The van der Waals surface area contributed by atoms with E-state index in [-0.39, 0.29) is 11.8 Å². The van der Waals surface area contributed by atoms with Gasteiger partial charge in [-0.1, -0.05) is 12.1 Å². The van der Waals surface area contributed by atoms with E-state index in [0.29, 0.717) is 23.8 Å². The molecule has 3 rings (SSSR count). The fraction of sp³-hybridized carbons (Fsp3) is 0.227. The Morgan fingerprint density at radius 1 is 1.17 bits per heavy atom. The van der Waals surface area contributed by atoms with Crippen molar-refractivity contribution in [3.8, 4) is 0 Å². The number of esters is 1. The van der Waals surface area contributed by atoms with Crippen LogP contribution in [0, 0.1) is 19.7 Å². The maximum Gasteiger partial charge on any atom is 0.338 e. The summed E-state index contributed by atoms with van der Waals surface area (Å²) in [6.07, 6.45) is 0. The highest BCUT2D eigenvalue weighted by molar-refractivity contribution is 7.80. The van der Waals surface area contributed by atoms with Crippen molar-refractivity contribution in [1.82, 2.24) is 9.78 Å². The van der Waals surface area contributed by atoms with E-state index in [1.807, 2.05) is 24.6 Å². The van der Waals surface area contributed by atoms with Crippen LogP contribution in [0.4, 0.5) is 15.8 Å². The number of benzene rings is 2. The van der Waals surface area contributed by atoms with Gasteiger partial charge in [0.15, 0.2) is 5.11 Å². The molecule has 0 fully saturated rings. The molecule has 2 N–H and O–H groups in total. The van der Waals surface area contributed by atoms with Crippen LogP contribution in [0.3, 0.4) is 0 Å². The predicted octanol–water partition coefficient (Wildman–Crippen LogP) is 4.67. The highest BCUT2D eigenvalue weighted by Crippen LogP contribution is 2.21. The Morgan fingerprint density at radius 2 is 1.90 bits per heavy atom. The topological polar surface area (TPSA) is 68.2 Å². The Balaban J connectivity index is 1.66. The van der Waals surface area contributed by atoms with Crippen LogP contribution >= 0.6 is 12.2 Å². The molecule has 0 radical (unpaired) electrons. The van der Waals surface area contributed by atoms with Crippen molar-refractivity contribution in [1.29, 1.82) is 0 Å². The van der Waals surface area contributed by atoms with Crippen LogP contribution in [0.5, 0.6) is 0 Å². The molecule has 0 saturated heterocycles. The minimum Gasteiger partial charge on any atom is -0.462 e. The summed E-state index contributed by atoms with van der Waals surface area (Å²) in [4.78, 5) is 11.7. The van der Waals surface area contributed by atoms with Gasteiger partial charge in [-0.15, -0.1) is 0 Å². The number of aromatic nitrogens is 2. The van der Waals surface area contributed by atoms with Crippen LogP contribution in [0.2, 0.25) is 0 Å². The molecule has 0 saturated carbocycles. The molecule has 0 aliphatic rings. The lowest BCUT2D eigenvalue weighted by atomic mass is 10.2. The molecule has 1 aromatic heterocycles. The molecule has 2 aromatic carbocycles. The summed E-state index contributed by atoms with van der Waals surface area (Å²) in [5.41, 5.74) is 4.51. The van der Waals surface area contributed by atoms with Gasteiger partial charge in [-0.3, -0.25) is 4.68 Å². The monoisotopic (exact) mass is 426 g/mol. The van der Waals surface area contributed by atoms with Gasteiger partial charge >= 0.3 is 5.97 Å². The lowest BCUT2D eigenvalue weighted by molar-refractivity contribution is 0.0526. The number of ether oxygens (including phenoxy) is 1. The molecule has 0 aliphatic carbocycles. The Bertz CT molecular complexity index is 1060. The van der Waals surface area contributed by atoms with Crippen LogP contribution in [-0.4, -0.2) is 27.5 Å². The van der Waals surface area contributed by atoms with E-state index in [1.54, 1.807) is 37.3 Å². The zero-order valence-corrected chi connectivity index (χ0v) is 17.8. The number of hydrogen-bond donors (Lipinski definition) is 2. The summed E-state index contributed by atoms with van der Waals surface area (Å²) in [5.74, 6) is -0.631. The minimum absolute atomic E-state index is 0.272. The van der Waals surface area contributed by atoms with Crippen molar-refractivity contribution in [3.63, 3.8) is 0 Å². The second-order valence-corrected chi connectivity index (χ2v) is 7.12. The lowest BCUT2D eigenvalue weighted by Crippen LogP contribution is -2.20. The summed E-state index contributed by atoms with van der Waals surface area (Å²) in [5, 5.41) is 11.2. The first-order chi connectivity index (χ1) is 14.4. The number of carbonyl (C=O) groups excluding carboxylic acids is 1. The predicted molar refractivity (Wildman–Crippen MR) is 119 cm³/mol. The number of anilines is 2. The summed E-state index contributed by atoms with van der Waals surface area (Å²) >= 11 is 5.42. The van der Waals surface area contributed by atoms with E-state index < -0.39 is 0 Å². The molecule has 0 bridgehead atoms. The minimum atomic E-state index is -0.360. The van der Waals surface area contributed by atoms with Gasteiger partial charge in [-0.2, -0.15) is 5.10 Å². The highest BCUT2D eigenvalue weighted by atomic mass is 32.1. The quantitative estimate of drug-likeness (QED) is 0.441. The molecule has 8 heteroatoms. The number of aryl methyl sites for hydroxylation is 1. The number of nitrogens with one attached hydrogen (secondary N) is 2. The van der Waals surface area contributed by atoms with Crippen LogP contribution in [0.25, 0.3) is 0 Å². The van der Waals surface area contributed by atoms with Crippen molar-refractivity contribution in [3.05, 3.63) is 76.9 Å². The molecular weight excluding hydrogens is 403 g/mol. The second kappa shape index (κ2) is 9.49. The van der Waals surface area contributed by atoms with Crippen molar-refractivity contribution in [2.75, 3.05) is 17.2 Å². The fourth-order valence-electron chi connectivity index (χ4n) is 3.02. The molecule has 3 aromatic rings. The molecule has 0 amide bonds. The zero-order valence-electron chi connectivity index (χ0n) is 17.0. The van der Waals surface area contributed by atoms with Crippen molar-refractivity contribution >= 4 is 34.7 Å². The first kappa shape index (κ1) is 21.4. The van der Waals surface area contributed by atoms with Gasteiger partial charge in [-0.25, -0.2) is 9.18 Å². The Kier molecular flexibility index (Phi) is 6.79. The van der Waals surface area contributed by atoms with E-state index in [2.05, 4.69) is 15.7 Å². The maximum atomic E-state index is 13.4. The third kappa shape index (κ3) is 5.21. The first-order valence-electron chi connectivity index (χ1n) is 9.51. The lowest BCUT2D eigenvalue weighted by Gasteiger charge is -2.12. The van der Waals surface area contributed by atoms with Crippen LogP contribution in [0.15, 0.2) is 48.5 Å². The fourth-order valence-corrected chi connectivity index (χ4v) is 3.24. The average Bonchev–Trinajstić information content (AvgIpc) is 2.96. The number of nitrogens with zero attached hydrogens (tertiary/aromatic N) is 2. The second-order valence-electron chi connectivity index (χ2n) is 6.71. The summed E-state index contributed by atoms with van der Waals surface area (Å²) < 4.78 is 20.2. The zero-order chi connectivity index (χ0) is 21.7. The summed E-state index contributed by atoms with van der Waals surface area (Å²) in [6, 6.07) is 13.3. The number of halogens is 1. The van der Waals surface area contributed by atoms with E-state index >= 15 is 0 Å². The normalized spacial score (nSPS) is 10.5. The van der Waals surface area contributed by atoms with Gasteiger partial charge in [0.05, 0.1) is 35.8 Å². The molecule has 0 aliphatic heterocycles. The largest absolute Gasteiger partial charge is 0.462 e. The molecular formula is C22H23FN4O2S. The van der Waals surface area contributed by atoms with Crippen molar-refractivity contribution in [2.45, 2.75) is 27.3 Å². The molecule has 0 spiro atoms. The van der Waals surface area contributed by atoms with E-state index in [0.717, 1.165) is 28.3 Å². The van der Waals surface area contributed by atoms with E-state index in [1.165, 1.54) is 12.1 Å². The maximum absolute atomic E-state index is 13.4. The van der Waals surface area contributed by atoms with Gasteiger partial charge in [0.25, 0.3) is 0 Å². The molecule has 30 heavy (non-hydrogen) atoms. The molecule has 156 valence electrons. The Morgan fingerprint density at radius 3 is 2.57 bits per heavy atom. The number of rotatable bonds is 6. The molecule has 0 atom stereocenters. The van der Waals surface area contributed by atoms with E-state index in [9.17, 15) is 9.18 Å². The standard InChI is InChI=1S/C22H23FN4O2S/c1-4-29-21(28)17-8-10-19(11-9-17)24-22(30)25-20-14(2)26-27(15(20)3)13-16-6-5-7-18(23)12-16/h5-12H,4,13H2,1-3H3,(H2,24,25,30). The van der Waals surface area contributed by atoms with Crippen molar-refractivity contribution in [2.24, 2.45) is 0 Å². The molecule has 6 nitrogen and oxygen atoms in total. The number of thiocarbonyl (C=S) groups is 1. The van der Waals surface area contributed by atoms with E-state index in [4.69, 9.17) is 17.0 Å². The van der Waals surface area contributed by atoms with Gasteiger partial charge in [0.2, 0.25) is 0 Å². The number of hydrogen-bond acceptors (Lipinski definition) is 4. The summed E-state index contributed by atoms with van der Waals surface area (Å²) in [7, 11) is 0. The Hall–Kier alpha value is -3.26. The van der Waals surface area contributed by atoms with Crippen molar-refractivity contribution < 1.29 is 13.9 Å². The average molecular weight is 427 g/mol. The Labute approximate surface area is 180 Å². The SMILES string of the molecule is CCOC(=O)c1ccc(NC(=S)Nc2c(C)nn(Cc3cccc(F)c3)c2C)cc1. The highest BCUT2D eigenvalue weighted by Gasteiger charge is 2.14. The van der Waals surface area contributed by atoms with Gasteiger partial charge < -0.3 is 15.4 Å². The van der Waals surface area contributed by atoms with Crippen LogP contribution < -0.4 is 10.6 Å². The van der Waals surface area contributed by atoms with Crippen LogP contribution in [-0.2, 0) is 11.3 Å². The van der Waals surface area contributed by atoms with Crippen LogP contribution in [0.1, 0.15) is 34.2 Å². The van der Waals surface area contributed by atoms with Gasteiger partial charge in [-0.05, 0) is 75.0 Å². The third-order valence-corrected chi connectivity index (χ3v) is 4.70. The smallest absolute Gasteiger partial charge is 0.338 e.